The van der Waals surface area contributed by atoms with Crippen LogP contribution in [-0.4, -0.2) is 16.1 Å². The van der Waals surface area contributed by atoms with Gasteiger partial charge < -0.3 is 5.11 Å². The van der Waals surface area contributed by atoms with Gasteiger partial charge in [-0.05, 0) is 34.1 Å². The predicted octanol–water partition coefficient (Wildman–Crippen LogP) is 5.73. The first-order valence-electron chi connectivity index (χ1n) is 5.74. The van der Waals surface area contributed by atoms with Gasteiger partial charge in [-0.3, -0.25) is 0 Å². The fourth-order valence-corrected chi connectivity index (χ4v) is 3.73. The zero-order valence-corrected chi connectivity index (χ0v) is 14.1. The Kier molecular flexibility index (Phi) is 3.92. The molecule has 0 bridgehead atoms. The SMILES string of the molecule is O=C(O)c1cc(-c2cc(Br)cs2)nc2c(Cl)c(Cl)ccc12. The number of halogens is 3. The van der Waals surface area contributed by atoms with Gasteiger partial charge in [-0.15, -0.1) is 11.3 Å². The van der Waals surface area contributed by atoms with Gasteiger partial charge in [0.25, 0.3) is 0 Å². The van der Waals surface area contributed by atoms with Gasteiger partial charge in [0.1, 0.15) is 0 Å². The third-order valence-corrected chi connectivity index (χ3v) is 5.43. The van der Waals surface area contributed by atoms with E-state index < -0.39 is 5.97 Å². The van der Waals surface area contributed by atoms with Crippen molar-refractivity contribution in [2.45, 2.75) is 0 Å². The topological polar surface area (TPSA) is 50.2 Å². The zero-order chi connectivity index (χ0) is 15.1. The van der Waals surface area contributed by atoms with Crippen molar-refractivity contribution in [2.75, 3.05) is 0 Å². The third-order valence-electron chi connectivity index (χ3n) is 2.92. The van der Waals surface area contributed by atoms with E-state index in [1.807, 2.05) is 11.4 Å². The Hall–Kier alpha value is -1.14. The molecule has 0 radical (unpaired) electrons. The number of carbonyl (C=O) groups is 1. The Labute approximate surface area is 142 Å². The summed E-state index contributed by atoms with van der Waals surface area (Å²) in [5.41, 5.74) is 1.10. The summed E-state index contributed by atoms with van der Waals surface area (Å²) in [4.78, 5) is 16.8. The minimum Gasteiger partial charge on any atom is -0.478 e. The van der Waals surface area contributed by atoms with Crippen molar-refractivity contribution < 1.29 is 9.90 Å². The maximum atomic E-state index is 11.5. The van der Waals surface area contributed by atoms with Crippen LogP contribution in [0.25, 0.3) is 21.5 Å². The maximum absolute atomic E-state index is 11.5. The Bertz CT molecular complexity index is 879. The minimum atomic E-state index is -1.03. The van der Waals surface area contributed by atoms with Crippen molar-refractivity contribution in [3.05, 3.63) is 49.7 Å². The number of benzene rings is 1. The first-order chi connectivity index (χ1) is 9.97. The third kappa shape index (κ3) is 2.66. The first kappa shape index (κ1) is 14.8. The maximum Gasteiger partial charge on any atom is 0.336 e. The normalized spacial score (nSPS) is 11.0. The number of fused-ring (bicyclic) bond motifs is 1. The monoisotopic (exact) mass is 401 g/mol. The summed E-state index contributed by atoms with van der Waals surface area (Å²) in [7, 11) is 0. The summed E-state index contributed by atoms with van der Waals surface area (Å²) in [5.74, 6) is -1.03. The summed E-state index contributed by atoms with van der Waals surface area (Å²) in [6, 6.07) is 6.62. The molecular formula is C14H6BrCl2NO2S. The number of hydrogen-bond donors (Lipinski definition) is 1. The molecule has 0 aliphatic heterocycles. The quantitative estimate of drug-likeness (QED) is 0.595. The van der Waals surface area contributed by atoms with E-state index in [9.17, 15) is 9.90 Å². The number of pyridine rings is 1. The molecule has 7 heteroatoms. The average Bonchev–Trinajstić information content (AvgIpc) is 2.88. The lowest BCUT2D eigenvalue weighted by Gasteiger charge is -2.08. The van der Waals surface area contributed by atoms with E-state index in [0.29, 0.717) is 21.6 Å². The number of thiophene rings is 1. The number of nitrogens with zero attached hydrogens (tertiary/aromatic N) is 1. The summed E-state index contributed by atoms with van der Waals surface area (Å²) in [6.07, 6.45) is 0. The fourth-order valence-electron chi connectivity index (χ4n) is 1.98. The number of hydrogen-bond acceptors (Lipinski definition) is 3. The molecule has 2 heterocycles. The van der Waals surface area contributed by atoms with Gasteiger partial charge in [0.05, 0.1) is 31.7 Å². The van der Waals surface area contributed by atoms with E-state index in [2.05, 4.69) is 20.9 Å². The molecule has 21 heavy (non-hydrogen) atoms. The summed E-state index contributed by atoms with van der Waals surface area (Å²) >= 11 is 17.0. The number of rotatable bonds is 2. The Balaban J connectivity index is 2.38. The van der Waals surface area contributed by atoms with Crippen LogP contribution in [0.1, 0.15) is 10.4 Å². The molecule has 0 aliphatic rings. The van der Waals surface area contributed by atoms with Crippen LogP contribution < -0.4 is 0 Å². The van der Waals surface area contributed by atoms with Gasteiger partial charge in [-0.25, -0.2) is 9.78 Å². The largest absolute Gasteiger partial charge is 0.478 e. The highest BCUT2D eigenvalue weighted by molar-refractivity contribution is 9.10. The van der Waals surface area contributed by atoms with Crippen LogP contribution in [0.2, 0.25) is 10.0 Å². The molecule has 0 spiro atoms. The number of carboxylic acids is 1. The molecule has 1 N–H and O–H groups in total. The molecule has 3 rings (SSSR count). The van der Waals surface area contributed by atoms with Crippen molar-refractivity contribution in [3.63, 3.8) is 0 Å². The second-order valence-electron chi connectivity index (χ2n) is 4.25. The lowest BCUT2D eigenvalue weighted by Crippen LogP contribution is -2.00. The predicted molar refractivity (Wildman–Crippen MR) is 89.7 cm³/mol. The van der Waals surface area contributed by atoms with Gasteiger partial charge in [0.2, 0.25) is 0 Å². The van der Waals surface area contributed by atoms with Gasteiger partial charge in [0.15, 0.2) is 0 Å². The number of aromatic nitrogens is 1. The standard InChI is InChI=1S/C14H6BrCl2NO2S/c15-6-3-11(21-5-6)10-4-8(14(19)20)7-1-2-9(16)12(17)13(7)18-10/h1-5H,(H,19,20). The van der Waals surface area contributed by atoms with Crippen molar-refractivity contribution in [3.8, 4) is 10.6 Å². The average molecular weight is 403 g/mol. The van der Waals surface area contributed by atoms with E-state index in [0.717, 1.165) is 9.35 Å². The Morgan fingerprint density at radius 2 is 2.05 bits per heavy atom. The van der Waals surface area contributed by atoms with E-state index in [1.165, 1.54) is 11.3 Å². The van der Waals surface area contributed by atoms with Crippen LogP contribution in [0.5, 0.6) is 0 Å². The molecule has 106 valence electrons. The molecule has 0 saturated heterocycles. The fraction of sp³-hybridized carbons (Fsp3) is 0. The molecule has 3 nitrogen and oxygen atoms in total. The smallest absolute Gasteiger partial charge is 0.336 e. The molecule has 2 aromatic heterocycles. The highest BCUT2D eigenvalue weighted by Gasteiger charge is 2.17. The number of aromatic carboxylic acids is 1. The zero-order valence-electron chi connectivity index (χ0n) is 10.2. The van der Waals surface area contributed by atoms with Crippen molar-refractivity contribution >= 4 is 67.3 Å². The molecule has 0 atom stereocenters. The summed E-state index contributed by atoms with van der Waals surface area (Å²) in [5, 5.41) is 12.4. The number of carboxylic acid groups (broad SMARTS) is 1. The molecule has 0 unspecified atom stereocenters. The highest BCUT2D eigenvalue weighted by Crippen LogP contribution is 2.35. The Morgan fingerprint density at radius 1 is 1.29 bits per heavy atom. The minimum absolute atomic E-state index is 0.151. The van der Waals surface area contributed by atoms with Crippen molar-refractivity contribution in [2.24, 2.45) is 0 Å². The van der Waals surface area contributed by atoms with E-state index in [4.69, 9.17) is 23.2 Å². The van der Waals surface area contributed by atoms with Gasteiger partial charge >= 0.3 is 5.97 Å². The summed E-state index contributed by atoms with van der Waals surface area (Å²) < 4.78 is 0.915. The molecule has 0 aliphatic carbocycles. The molecule has 0 amide bonds. The molecular weight excluding hydrogens is 397 g/mol. The molecule has 0 saturated carbocycles. The summed E-state index contributed by atoms with van der Waals surface area (Å²) in [6.45, 7) is 0. The van der Waals surface area contributed by atoms with Crippen LogP contribution in [0.4, 0.5) is 0 Å². The van der Waals surface area contributed by atoms with Crippen molar-refractivity contribution in [1.82, 2.24) is 4.98 Å². The van der Waals surface area contributed by atoms with Gasteiger partial charge in [-0.2, -0.15) is 0 Å². The lowest BCUT2D eigenvalue weighted by molar-refractivity contribution is 0.0699. The van der Waals surface area contributed by atoms with Crippen molar-refractivity contribution in [1.29, 1.82) is 0 Å². The van der Waals surface area contributed by atoms with E-state index in [-0.39, 0.29) is 10.6 Å². The Morgan fingerprint density at radius 3 is 2.67 bits per heavy atom. The van der Waals surface area contributed by atoms with Crippen LogP contribution in [0.3, 0.4) is 0 Å². The van der Waals surface area contributed by atoms with Crippen LogP contribution >= 0.6 is 50.5 Å². The van der Waals surface area contributed by atoms with Gasteiger partial charge in [-0.1, -0.05) is 29.3 Å². The van der Waals surface area contributed by atoms with Gasteiger partial charge in [0, 0.05) is 15.2 Å². The van der Waals surface area contributed by atoms with E-state index >= 15 is 0 Å². The van der Waals surface area contributed by atoms with E-state index in [1.54, 1.807) is 18.2 Å². The van der Waals surface area contributed by atoms with Crippen LogP contribution in [0, 0.1) is 0 Å². The van der Waals surface area contributed by atoms with Crippen LogP contribution in [-0.2, 0) is 0 Å². The second-order valence-corrected chi connectivity index (χ2v) is 6.86. The lowest BCUT2D eigenvalue weighted by atomic mass is 10.1. The molecule has 0 fully saturated rings. The first-order valence-corrected chi connectivity index (χ1v) is 8.16. The highest BCUT2D eigenvalue weighted by atomic mass is 79.9. The molecule has 3 aromatic rings. The second kappa shape index (κ2) is 5.57. The van der Waals surface area contributed by atoms with Crippen LogP contribution in [0.15, 0.2) is 34.1 Å². The molecule has 1 aromatic carbocycles.